The maximum absolute atomic E-state index is 12.9. The fraction of sp³-hybridized carbons (Fsp3) is 0.667. The van der Waals surface area contributed by atoms with Crippen LogP contribution in [0.4, 0.5) is 13.2 Å². The second kappa shape index (κ2) is 24.5. The van der Waals surface area contributed by atoms with Crippen molar-refractivity contribution < 1.29 is 42.8 Å². The van der Waals surface area contributed by atoms with Crippen molar-refractivity contribution in [1.82, 2.24) is 0 Å². The van der Waals surface area contributed by atoms with E-state index in [9.17, 15) is 33.3 Å². The van der Waals surface area contributed by atoms with E-state index in [2.05, 4.69) is 19.1 Å². The summed E-state index contributed by atoms with van der Waals surface area (Å²) >= 11 is 0. The largest absolute Gasteiger partial charge is 0.491 e. The van der Waals surface area contributed by atoms with Gasteiger partial charge in [-0.1, -0.05) is 94.4 Å². The topological polar surface area (TPSA) is 96.2 Å². The number of aliphatic hydroxyl groups is 3. The van der Waals surface area contributed by atoms with Gasteiger partial charge in [0.15, 0.2) is 0 Å². The van der Waals surface area contributed by atoms with E-state index in [4.69, 9.17) is 9.47 Å². The van der Waals surface area contributed by atoms with Crippen LogP contribution in [0.3, 0.4) is 0 Å². The lowest BCUT2D eigenvalue weighted by atomic mass is 9.89. The number of hydrogen-bond donors (Lipinski definition) is 3. The Labute approximate surface area is 286 Å². The molecule has 1 fully saturated rings. The minimum Gasteiger partial charge on any atom is -0.491 e. The van der Waals surface area contributed by atoms with Crippen LogP contribution in [0, 0.1) is 11.8 Å². The molecule has 1 aliphatic rings. The molecule has 2 rings (SSSR count). The Morgan fingerprint density at radius 1 is 0.896 bits per heavy atom. The number of rotatable bonds is 25. The summed E-state index contributed by atoms with van der Waals surface area (Å²) in [6.07, 6.45) is 21.5. The monoisotopic (exact) mass is 680 g/mol. The van der Waals surface area contributed by atoms with E-state index in [1.165, 1.54) is 82.4 Å². The van der Waals surface area contributed by atoms with Crippen molar-refractivity contribution in [3.63, 3.8) is 0 Å². The Kier molecular flexibility index (Phi) is 21.2. The molecule has 0 radical (unpaired) electrons. The Morgan fingerprint density at radius 2 is 1.54 bits per heavy atom. The molecule has 0 bridgehead atoms. The molecule has 0 aromatic heterocycles. The van der Waals surface area contributed by atoms with Crippen molar-refractivity contribution in [2.24, 2.45) is 11.8 Å². The summed E-state index contributed by atoms with van der Waals surface area (Å²) in [6.45, 7) is 2.45. The zero-order chi connectivity index (χ0) is 35.0. The van der Waals surface area contributed by atoms with Crippen molar-refractivity contribution in [3.8, 4) is 5.75 Å². The van der Waals surface area contributed by atoms with E-state index >= 15 is 0 Å². The fourth-order valence-electron chi connectivity index (χ4n) is 5.95. The lowest BCUT2D eigenvalue weighted by molar-refractivity contribution is -0.144. The molecule has 1 aromatic rings. The van der Waals surface area contributed by atoms with Gasteiger partial charge in [-0.15, -0.1) is 0 Å². The van der Waals surface area contributed by atoms with Gasteiger partial charge >= 0.3 is 12.1 Å². The molecule has 0 unspecified atom stereocenters. The van der Waals surface area contributed by atoms with Gasteiger partial charge < -0.3 is 24.8 Å². The van der Waals surface area contributed by atoms with E-state index in [1.807, 2.05) is 12.2 Å². The molecule has 5 atom stereocenters. The molecule has 1 aromatic carbocycles. The first-order valence-corrected chi connectivity index (χ1v) is 18.1. The lowest BCUT2D eigenvalue weighted by Crippen LogP contribution is -2.21. The molecule has 0 amide bonds. The molecule has 9 heteroatoms. The Morgan fingerprint density at radius 3 is 2.25 bits per heavy atom. The molecule has 1 saturated carbocycles. The molecular formula is C39H59F3O6. The highest BCUT2D eigenvalue weighted by Gasteiger charge is 2.39. The first kappa shape index (κ1) is 41.6. The van der Waals surface area contributed by atoms with Crippen LogP contribution in [-0.2, 0) is 15.7 Å². The SMILES string of the molecule is CCCCCC/C=C/CCCCCCCCOC(=O)CCC/C=C\C[C@@H]1[C@@H](/C=C/[C@@H](O)COc2cccc(C(F)(F)F)c2)[C@H](O)C[C@@H]1O. The average molecular weight is 681 g/mol. The number of aliphatic hydroxyl groups excluding tert-OH is 3. The van der Waals surface area contributed by atoms with Crippen LogP contribution in [0.15, 0.2) is 60.7 Å². The molecule has 48 heavy (non-hydrogen) atoms. The number of benzene rings is 1. The minimum atomic E-state index is -4.49. The summed E-state index contributed by atoms with van der Waals surface area (Å²) in [5.74, 6) is -0.834. The summed E-state index contributed by atoms with van der Waals surface area (Å²) in [6, 6.07) is 4.44. The summed E-state index contributed by atoms with van der Waals surface area (Å²) in [5, 5.41) is 31.2. The maximum Gasteiger partial charge on any atom is 0.416 e. The molecule has 0 spiro atoms. The van der Waals surface area contributed by atoms with Gasteiger partial charge in [-0.05, 0) is 75.5 Å². The average Bonchev–Trinajstić information content (AvgIpc) is 3.33. The van der Waals surface area contributed by atoms with Crippen molar-refractivity contribution in [2.45, 2.75) is 141 Å². The zero-order valence-corrected chi connectivity index (χ0v) is 28.8. The van der Waals surface area contributed by atoms with Crippen LogP contribution in [0.1, 0.15) is 122 Å². The number of esters is 1. The summed E-state index contributed by atoms with van der Waals surface area (Å²) in [4.78, 5) is 12.1. The van der Waals surface area contributed by atoms with Crippen LogP contribution in [-0.4, -0.2) is 52.8 Å². The third-order valence-corrected chi connectivity index (χ3v) is 8.80. The van der Waals surface area contributed by atoms with Crippen LogP contribution < -0.4 is 4.74 Å². The van der Waals surface area contributed by atoms with E-state index in [0.717, 1.165) is 25.0 Å². The predicted molar refractivity (Wildman–Crippen MR) is 184 cm³/mol. The first-order valence-electron chi connectivity index (χ1n) is 18.1. The third kappa shape index (κ3) is 18.2. The van der Waals surface area contributed by atoms with E-state index in [0.29, 0.717) is 32.3 Å². The van der Waals surface area contributed by atoms with Crippen molar-refractivity contribution in [1.29, 1.82) is 0 Å². The van der Waals surface area contributed by atoms with Gasteiger partial charge in [0.05, 0.1) is 24.4 Å². The second-order valence-electron chi connectivity index (χ2n) is 13.0. The number of carbonyl (C=O) groups excluding carboxylic acids is 1. The highest BCUT2D eigenvalue weighted by atomic mass is 19.4. The summed E-state index contributed by atoms with van der Waals surface area (Å²) in [7, 11) is 0. The molecule has 272 valence electrons. The summed E-state index contributed by atoms with van der Waals surface area (Å²) in [5.41, 5.74) is -0.835. The van der Waals surface area contributed by atoms with Crippen LogP contribution in [0.5, 0.6) is 5.75 Å². The number of allylic oxidation sites excluding steroid dienone is 4. The molecular weight excluding hydrogens is 621 g/mol. The molecule has 0 heterocycles. The van der Waals surface area contributed by atoms with Crippen molar-refractivity contribution >= 4 is 5.97 Å². The van der Waals surface area contributed by atoms with Crippen LogP contribution in [0.25, 0.3) is 0 Å². The summed E-state index contributed by atoms with van der Waals surface area (Å²) < 4.78 is 49.4. The zero-order valence-electron chi connectivity index (χ0n) is 28.8. The van der Waals surface area contributed by atoms with Crippen LogP contribution in [0.2, 0.25) is 0 Å². The number of halogens is 3. The van der Waals surface area contributed by atoms with E-state index in [-0.39, 0.29) is 30.7 Å². The number of hydrogen-bond acceptors (Lipinski definition) is 6. The Balaban J connectivity index is 1.54. The van der Waals surface area contributed by atoms with E-state index < -0.39 is 36.0 Å². The number of alkyl halides is 3. The molecule has 6 nitrogen and oxygen atoms in total. The highest BCUT2D eigenvalue weighted by Crippen LogP contribution is 2.36. The third-order valence-electron chi connectivity index (χ3n) is 8.80. The number of ether oxygens (including phenoxy) is 2. The molecule has 0 saturated heterocycles. The number of unbranched alkanes of at least 4 members (excludes halogenated alkanes) is 11. The standard InChI is InChI=1S/C39H59F3O6/c1-2-3-4-5-6-7-8-9-10-11-12-13-16-19-27-47-38(46)24-18-15-14-17-23-34-35(37(45)29-36(34)44)26-25-32(43)30-48-33-22-20-21-31(28-33)39(40,41)42/h7-8,14,17,20-22,25-26,28,32,34-37,43-45H,2-6,9-13,15-16,18-19,23-24,27,29-30H2,1H3/b8-7+,17-14-,26-25+/t32-,34-,35-,36+,37-/m1/s1. The van der Waals surface area contributed by atoms with Crippen LogP contribution >= 0.6 is 0 Å². The highest BCUT2D eigenvalue weighted by molar-refractivity contribution is 5.69. The van der Waals surface area contributed by atoms with Gasteiger partial charge in [-0.2, -0.15) is 13.2 Å². The molecule has 1 aliphatic carbocycles. The van der Waals surface area contributed by atoms with Crippen molar-refractivity contribution in [3.05, 3.63) is 66.3 Å². The fourth-order valence-corrected chi connectivity index (χ4v) is 5.95. The first-order chi connectivity index (χ1) is 23.1. The quantitative estimate of drug-likeness (QED) is 0.0541. The van der Waals surface area contributed by atoms with E-state index in [1.54, 1.807) is 6.08 Å². The second-order valence-corrected chi connectivity index (χ2v) is 13.0. The molecule has 0 aliphatic heterocycles. The Bertz CT molecular complexity index is 1090. The number of carbonyl (C=O) groups is 1. The molecule has 3 N–H and O–H groups in total. The lowest BCUT2D eigenvalue weighted by Gasteiger charge is -2.19. The maximum atomic E-state index is 12.9. The van der Waals surface area contributed by atoms with Gasteiger partial charge in [0, 0.05) is 18.8 Å². The van der Waals surface area contributed by atoms with Gasteiger partial charge in [0.1, 0.15) is 18.5 Å². The minimum absolute atomic E-state index is 0.00626. The van der Waals surface area contributed by atoms with Gasteiger partial charge in [0.2, 0.25) is 0 Å². The normalized spacial score (nSPS) is 20.7. The van der Waals surface area contributed by atoms with Gasteiger partial charge in [-0.3, -0.25) is 4.79 Å². The predicted octanol–water partition coefficient (Wildman–Crippen LogP) is 9.28. The van der Waals surface area contributed by atoms with Crippen molar-refractivity contribution in [2.75, 3.05) is 13.2 Å². The van der Waals surface area contributed by atoms with Gasteiger partial charge in [0.25, 0.3) is 0 Å². The van der Waals surface area contributed by atoms with Gasteiger partial charge in [-0.25, -0.2) is 0 Å². The Hall–Kier alpha value is -2.62. The smallest absolute Gasteiger partial charge is 0.416 e.